The molecule has 1 amide bonds. The monoisotopic (exact) mass is 426 g/mol. The molecular weight excluding hydrogens is 400 g/mol. The molecule has 30 heavy (non-hydrogen) atoms. The lowest BCUT2D eigenvalue weighted by Crippen LogP contribution is -2.40. The van der Waals surface area contributed by atoms with Crippen LogP contribution in [0, 0.1) is 0 Å². The Kier molecular flexibility index (Phi) is 7.15. The van der Waals surface area contributed by atoms with E-state index in [4.69, 9.17) is 5.73 Å². The van der Waals surface area contributed by atoms with Crippen molar-refractivity contribution in [2.24, 2.45) is 5.73 Å². The van der Waals surface area contributed by atoms with E-state index < -0.39 is 10.0 Å². The van der Waals surface area contributed by atoms with Gasteiger partial charge in [-0.25, -0.2) is 13.1 Å². The Labute approximate surface area is 176 Å². The number of nitrogens with zero attached hydrogens (tertiary/aromatic N) is 1. The lowest BCUT2D eigenvalue weighted by Gasteiger charge is -2.15. The minimum absolute atomic E-state index is 0.240. The number of carbonyl (C=O) groups is 1. The van der Waals surface area contributed by atoms with Gasteiger partial charge < -0.3 is 11.1 Å². The normalized spacial score (nSPS) is 12.7. The van der Waals surface area contributed by atoms with Crippen LogP contribution in [0.3, 0.4) is 0 Å². The number of nitrogens with one attached hydrogen (secondary N) is 2. The maximum absolute atomic E-state index is 12.7. The number of fused-ring (bicyclic) bond motifs is 1. The summed E-state index contributed by atoms with van der Waals surface area (Å²) in [4.78, 5) is 15.2. The van der Waals surface area contributed by atoms with E-state index in [2.05, 4.69) is 15.0 Å². The van der Waals surface area contributed by atoms with Crippen molar-refractivity contribution in [3.8, 4) is 0 Å². The molecule has 1 heterocycles. The SMILES string of the molecule is CC(CNCCc1ccc(CC(N)=O)cc1)NS(=O)(=O)c1ccc2cnccc2c1. The molecule has 0 bridgehead atoms. The van der Waals surface area contributed by atoms with Crippen molar-refractivity contribution >= 4 is 26.7 Å². The van der Waals surface area contributed by atoms with Crippen molar-refractivity contribution in [1.29, 1.82) is 0 Å². The maximum atomic E-state index is 12.7. The predicted molar refractivity (Wildman–Crippen MR) is 117 cm³/mol. The molecule has 0 fully saturated rings. The first kappa shape index (κ1) is 21.9. The maximum Gasteiger partial charge on any atom is 0.240 e. The molecule has 7 nitrogen and oxygen atoms in total. The van der Waals surface area contributed by atoms with Gasteiger partial charge in [0.2, 0.25) is 15.9 Å². The number of benzene rings is 2. The third-order valence-electron chi connectivity index (χ3n) is 4.72. The number of pyridine rings is 1. The average Bonchev–Trinajstić information content (AvgIpc) is 2.71. The third kappa shape index (κ3) is 6.09. The van der Waals surface area contributed by atoms with Crippen LogP contribution >= 0.6 is 0 Å². The predicted octanol–water partition coefficient (Wildman–Crippen LogP) is 1.76. The van der Waals surface area contributed by atoms with Crippen molar-refractivity contribution in [3.63, 3.8) is 0 Å². The van der Waals surface area contributed by atoms with Gasteiger partial charge in [0, 0.05) is 30.4 Å². The highest BCUT2D eigenvalue weighted by atomic mass is 32.2. The number of hydrogen-bond acceptors (Lipinski definition) is 5. The zero-order chi connectivity index (χ0) is 21.6. The molecule has 3 aromatic rings. The molecular formula is C22H26N4O3S. The van der Waals surface area contributed by atoms with Gasteiger partial charge in [-0.3, -0.25) is 9.78 Å². The summed E-state index contributed by atoms with van der Waals surface area (Å²) < 4.78 is 28.0. The molecule has 0 aliphatic carbocycles. The second kappa shape index (κ2) is 9.80. The lowest BCUT2D eigenvalue weighted by molar-refractivity contribution is -0.117. The average molecular weight is 427 g/mol. The molecule has 3 rings (SSSR count). The molecule has 0 radical (unpaired) electrons. The van der Waals surface area contributed by atoms with Gasteiger partial charge in [0.25, 0.3) is 0 Å². The summed E-state index contributed by atoms with van der Waals surface area (Å²) in [6, 6.07) is 14.3. The van der Waals surface area contributed by atoms with E-state index in [0.717, 1.165) is 28.3 Å². The van der Waals surface area contributed by atoms with Crippen LogP contribution in [0.15, 0.2) is 65.8 Å². The van der Waals surface area contributed by atoms with E-state index in [1.807, 2.05) is 31.2 Å². The van der Waals surface area contributed by atoms with Crippen LogP contribution in [-0.2, 0) is 27.7 Å². The molecule has 2 aromatic carbocycles. The third-order valence-corrected chi connectivity index (χ3v) is 6.31. The van der Waals surface area contributed by atoms with Gasteiger partial charge in [-0.15, -0.1) is 0 Å². The van der Waals surface area contributed by atoms with Crippen LogP contribution in [0.1, 0.15) is 18.1 Å². The van der Waals surface area contributed by atoms with Crippen LogP contribution < -0.4 is 15.8 Å². The molecule has 1 unspecified atom stereocenters. The second-order valence-corrected chi connectivity index (χ2v) is 9.03. The number of hydrogen-bond donors (Lipinski definition) is 3. The minimum atomic E-state index is -3.60. The number of carbonyl (C=O) groups excluding carboxylic acids is 1. The number of rotatable bonds is 10. The fraction of sp³-hybridized carbons (Fsp3) is 0.273. The van der Waals surface area contributed by atoms with Gasteiger partial charge >= 0.3 is 0 Å². The Morgan fingerprint density at radius 2 is 1.80 bits per heavy atom. The van der Waals surface area contributed by atoms with E-state index in [0.29, 0.717) is 13.1 Å². The highest BCUT2D eigenvalue weighted by molar-refractivity contribution is 7.89. The van der Waals surface area contributed by atoms with Crippen LogP contribution in [0.25, 0.3) is 10.8 Å². The summed E-state index contributed by atoms with van der Waals surface area (Å²) >= 11 is 0. The quantitative estimate of drug-likeness (QED) is 0.428. The molecule has 8 heteroatoms. The summed E-state index contributed by atoms with van der Waals surface area (Å²) in [6.45, 7) is 3.05. The van der Waals surface area contributed by atoms with Crippen LogP contribution in [0.5, 0.6) is 0 Å². The lowest BCUT2D eigenvalue weighted by atomic mass is 10.1. The second-order valence-electron chi connectivity index (χ2n) is 7.32. The van der Waals surface area contributed by atoms with Gasteiger partial charge in [0.1, 0.15) is 0 Å². The van der Waals surface area contributed by atoms with E-state index >= 15 is 0 Å². The van der Waals surface area contributed by atoms with Gasteiger partial charge in [0.15, 0.2) is 0 Å². The van der Waals surface area contributed by atoms with Gasteiger partial charge in [0.05, 0.1) is 11.3 Å². The molecule has 4 N–H and O–H groups in total. The summed E-state index contributed by atoms with van der Waals surface area (Å²) in [6.07, 6.45) is 4.39. The van der Waals surface area contributed by atoms with Gasteiger partial charge in [-0.1, -0.05) is 30.3 Å². The summed E-state index contributed by atoms with van der Waals surface area (Å²) in [5, 5.41) is 5.01. The van der Waals surface area contributed by atoms with Crippen molar-refractivity contribution in [2.75, 3.05) is 13.1 Å². The van der Waals surface area contributed by atoms with Gasteiger partial charge in [-0.05, 0) is 54.6 Å². The molecule has 158 valence electrons. The van der Waals surface area contributed by atoms with Crippen molar-refractivity contribution in [1.82, 2.24) is 15.0 Å². The molecule has 0 aliphatic rings. The number of aromatic nitrogens is 1. The first-order valence-electron chi connectivity index (χ1n) is 9.76. The zero-order valence-electron chi connectivity index (χ0n) is 16.8. The number of amides is 1. The Morgan fingerprint density at radius 1 is 1.07 bits per heavy atom. The highest BCUT2D eigenvalue weighted by Crippen LogP contribution is 2.18. The Bertz CT molecular complexity index is 1110. The van der Waals surface area contributed by atoms with E-state index in [1.165, 1.54) is 0 Å². The topological polar surface area (TPSA) is 114 Å². The van der Waals surface area contributed by atoms with Crippen molar-refractivity contribution in [3.05, 3.63) is 72.1 Å². The van der Waals surface area contributed by atoms with E-state index in [9.17, 15) is 13.2 Å². The number of nitrogens with two attached hydrogens (primary N) is 1. The first-order chi connectivity index (χ1) is 14.3. The fourth-order valence-electron chi connectivity index (χ4n) is 3.18. The highest BCUT2D eigenvalue weighted by Gasteiger charge is 2.17. The number of sulfonamides is 1. The first-order valence-corrected chi connectivity index (χ1v) is 11.2. The smallest absolute Gasteiger partial charge is 0.240 e. The Balaban J connectivity index is 1.47. The van der Waals surface area contributed by atoms with Crippen molar-refractivity contribution in [2.45, 2.75) is 30.7 Å². The summed E-state index contributed by atoms with van der Waals surface area (Å²) in [7, 11) is -3.60. The van der Waals surface area contributed by atoms with Crippen molar-refractivity contribution < 1.29 is 13.2 Å². The summed E-state index contributed by atoms with van der Waals surface area (Å²) in [5.74, 6) is -0.346. The minimum Gasteiger partial charge on any atom is -0.369 e. The molecule has 0 saturated heterocycles. The largest absolute Gasteiger partial charge is 0.369 e. The summed E-state index contributed by atoms with van der Waals surface area (Å²) in [5.41, 5.74) is 7.22. The molecule has 0 spiro atoms. The molecule has 1 atom stereocenters. The molecule has 0 aliphatic heterocycles. The van der Waals surface area contributed by atoms with E-state index in [-0.39, 0.29) is 23.3 Å². The zero-order valence-corrected chi connectivity index (χ0v) is 17.7. The standard InChI is InChI=1S/C22H26N4O3S/c1-16(14-24-10-8-17-2-4-18(5-3-17)12-22(23)27)26-30(28,29)21-7-6-20-15-25-11-9-19(20)13-21/h2-7,9,11,13,15-16,24,26H,8,10,12,14H2,1H3,(H2,23,27). The van der Waals surface area contributed by atoms with E-state index in [1.54, 1.807) is 36.7 Å². The van der Waals surface area contributed by atoms with Gasteiger partial charge in [-0.2, -0.15) is 0 Å². The Hall–Kier alpha value is -2.81. The molecule has 0 saturated carbocycles. The fourth-order valence-corrected chi connectivity index (χ4v) is 4.46. The van der Waals surface area contributed by atoms with Crippen LogP contribution in [0.4, 0.5) is 0 Å². The number of primary amides is 1. The van der Waals surface area contributed by atoms with Crippen LogP contribution in [0.2, 0.25) is 0 Å². The molecule has 1 aromatic heterocycles. The van der Waals surface area contributed by atoms with Crippen LogP contribution in [-0.4, -0.2) is 38.4 Å². The Morgan fingerprint density at radius 3 is 2.53 bits per heavy atom.